The van der Waals surface area contributed by atoms with Gasteiger partial charge in [-0.15, -0.1) is 11.3 Å². The highest BCUT2D eigenvalue weighted by molar-refractivity contribution is 7.21. The Bertz CT molecular complexity index is 1450. The molecule has 0 unspecified atom stereocenters. The fraction of sp³-hybridized carbons (Fsp3) is 0.160. The Morgan fingerprint density at radius 3 is 2.83 bits per heavy atom. The molecule has 1 fully saturated rings. The van der Waals surface area contributed by atoms with E-state index in [0.29, 0.717) is 43.3 Å². The Balaban J connectivity index is 1.35. The summed E-state index contributed by atoms with van der Waals surface area (Å²) in [5.74, 6) is 0.938. The number of carbonyl (C=O) groups is 2. The molecule has 3 amide bonds. The molecule has 0 saturated carbocycles. The lowest BCUT2D eigenvalue weighted by atomic mass is 10.1. The number of urea groups is 1. The van der Waals surface area contributed by atoms with Crippen LogP contribution in [0.25, 0.3) is 10.2 Å². The molecule has 0 bridgehead atoms. The van der Waals surface area contributed by atoms with Gasteiger partial charge in [0, 0.05) is 18.8 Å². The number of hydrogen-bond donors (Lipinski definition) is 3. The molecule has 0 aliphatic carbocycles. The maximum Gasteiger partial charge on any atom is 0.331 e. The SMILES string of the molecule is O=C(N[C@@H]1CCNC1)c1sc2nccc3c2c1NC(=O)N3c1ccc(Oc2ccccc2)c(Cl)c1. The number of pyridine rings is 1. The van der Waals surface area contributed by atoms with Crippen molar-refractivity contribution in [2.75, 3.05) is 23.3 Å². The van der Waals surface area contributed by atoms with E-state index in [2.05, 4.69) is 20.9 Å². The molecule has 3 N–H and O–H groups in total. The van der Waals surface area contributed by atoms with Crippen molar-refractivity contribution >= 4 is 62.2 Å². The Labute approximate surface area is 209 Å². The lowest BCUT2D eigenvalue weighted by Gasteiger charge is -2.28. The van der Waals surface area contributed by atoms with Gasteiger partial charge in [-0.1, -0.05) is 29.8 Å². The van der Waals surface area contributed by atoms with Crippen molar-refractivity contribution in [2.45, 2.75) is 12.5 Å². The third-order valence-corrected chi connectivity index (χ3v) is 7.38. The first-order valence-electron chi connectivity index (χ1n) is 11.1. The Hall–Kier alpha value is -3.66. The van der Waals surface area contributed by atoms with Gasteiger partial charge in [0.2, 0.25) is 0 Å². The maximum atomic E-state index is 13.3. The minimum Gasteiger partial charge on any atom is -0.456 e. The van der Waals surface area contributed by atoms with E-state index in [9.17, 15) is 9.59 Å². The number of ether oxygens (including phenoxy) is 1. The third-order valence-electron chi connectivity index (χ3n) is 5.99. The van der Waals surface area contributed by atoms with E-state index < -0.39 is 0 Å². The van der Waals surface area contributed by atoms with E-state index in [1.54, 1.807) is 30.5 Å². The van der Waals surface area contributed by atoms with Gasteiger partial charge in [0.1, 0.15) is 21.2 Å². The first-order valence-corrected chi connectivity index (χ1v) is 12.3. The minimum absolute atomic E-state index is 0.0712. The zero-order valence-electron chi connectivity index (χ0n) is 18.4. The van der Waals surface area contributed by atoms with Crippen LogP contribution in [0.2, 0.25) is 5.02 Å². The van der Waals surface area contributed by atoms with Gasteiger partial charge in [-0.2, -0.15) is 0 Å². The number of anilines is 3. The van der Waals surface area contributed by atoms with Gasteiger partial charge in [-0.05, 0) is 49.4 Å². The lowest BCUT2D eigenvalue weighted by molar-refractivity contribution is 0.0945. The maximum absolute atomic E-state index is 13.3. The zero-order chi connectivity index (χ0) is 23.9. The van der Waals surface area contributed by atoms with Crippen LogP contribution in [0.3, 0.4) is 0 Å². The summed E-state index contributed by atoms with van der Waals surface area (Å²) in [4.78, 5) is 33.4. The monoisotopic (exact) mass is 505 g/mol. The predicted octanol–water partition coefficient (Wildman–Crippen LogP) is 5.52. The molecule has 1 atom stereocenters. The van der Waals surface area contributed by atoms with Crippen molar-refractivity contribution in [2.24, 2.45) is 0 Å². The van der Waals surface area contributed by atoms with E-state index in [1.165, 1.54) is 16.2 Å². The average Bonchev–Trinajstić information content (AvgIpc) is 3.50. The van der Waals surface area contributed by atoms with E-state index >= 15 is 0 Å². The Kier molecular flexibility index (Phi) is 5.52. The molecule has 0 radical (unpaired) electrons. The molecule has 1 saturated heterocycles. The normalized spacial score (nSPS) is 16.9. The molecule has 6 rings (SSSR count). The van der Waals surface area contributed by atoms with Crippen LogP contribution in [0, 0.1) is 0 Å². The first-order chi connectivity index (χ1) is 17.1. The van der Waals surface area contributed by atoms with Gasteiger partial charge in [-0.3, -0.25) is 9.69 Å². The average molecular weight is 506 g/mol. The van der Waals surface area contributed by atoms with E-state index in [1.807, 2.05) is 30.3 Å². The van der Waals surface area contributed by atoms with Crippen LogP contribution in [-0.2, 0) is 0 Å². The third kappa shape index (κ3) is 3.97. The van der Waals surface area contributed by atoms with Crippen molar-refractivity contribution < 1.29 is 14.3 Å². The summed E-state index contributed by atoms with van der Waals surface area (Å²) in [5.41, 5.74) is 1.70. The smallest absolute Gasteiger partial charge is 0.331 e. The van der Waals surface area contributed by atoms with Gasteiger partial charge in [0.25, 0.3) is 5.91 Å². The van der Waals surface area contributed by atoms with Crippen LogP contribution in [0.1, 0.15) is 16.1 Å². The molecule has 2 aliphatic heterocycles. The van der Waals surface area contributed by atoms with Crippen molar-refractivity contribution in [3.05, 3.63) is 70.7 Å². The van der Waals surface area contributed by atoms with Crippen LogP contribution >= 0.6 is 22.9 Å². The number of nitrogens with one attached hydrogen (secondary N) is 3. The van der Waals surface area contributed by atoms with Crippen LogP contribution in [0.5, 0.6) is 11.5 Å². The number of benzene rings is 2. The standard InChI is InChI=1S/C25H20ClN5O3S/c26-17-12-15(6-7-19(17)34-16-4-2-1-3-5-16)31-18-9-11-28-24-20(18)21(30-25(31)33)22(35-24)23(32)29-14-8-10-27-13-14/h1-7,9,11-12,14,27H,8,10,13H2,(H,29,32)(H,30,33)/t14-/m1/s1. The highest BCUT2D eigenvalue weighted by atomic mass is 35.5. The minimum atomic E-state index is -0.382. The van der Waals surface area contributed by atoms with E-state index in [0.717, 1.165) is 24.9 Å². The highest BCUT2D eigenvalue weighted by Gasteiger charge is 2.33. The lowest BCUT2D eigenvalue weighted by Crippen LogP contribution is -2.37. The van der Waals surface area contributed by atoms with Crippen molar-refractivity contribution in [3.63, 3.8) is 0 Å². The molecule has 2 aromatic carbocycles. The topological polar surface area (TPSA) is 95.6 Å². The van der Waals surface area contributed by atoms with Crippen LogP contribution in [0.15, 0.2) is 60.8 Å². The van der Waals surface area contributed by atoms with Gasteiger partial charge < -0.3 is 20.7 Å². The number of carbonyl (C=O) groups excluding carboxylic acids is 2. The summed E-state index contributed by atoms with van der Waals surface area (Å²) in [7, 11) is 0. The van der Waals surface area contributed by atoms with Gasteiger partial charge in [0.05, 0.1) is 27.5 Å². The van der Waals surface area contributed by atoms with E-state index in [-0.39, 0.29) is 18.0 Å². The second kappa shape index (κ2) is 8.84. The van der Waals surface area contributed by atoms with Gasteiger partial charge in [0.15, 0.2) is 0 Å². The van der Waals surface area contributed by atoms with Crippen molar-refractivity contribution in [1.82, 2.24) is 15.6 Å². The summed E-state index contributed by atoms with van der Waals surface area (Å²) in [6.07, 6.45) is 2.51. The number of para-hydroxylation sites is 1. The number of nitrogens with zero attached hydrogens (tertiary/aromatic N) is 2. The molecule has 4 aromatic rings. The molecule has 176 valence electrons. The van der Waals surface area contributed by atoms with Gasteiger partial charge >= 0.3 is 6.03 Å². The number of hydrogen-bond acceptors (Lipinski definition) is 6. The largest absolute Gasteiger partial charge is 0.456 e. The zero-order valence-corrected chi connectivity index (χ0v) is 19.9. The van der Waals surface area contributed by atoms with Crippen molar-refractivity contribution in [3.8, 4) is 11.5 Å². The second-order valence-electron chi connectivity index (χ2n) is 8.28. The fourth-order valence-electron chi connectivity index (χ4n) is 4.36. The molecular weight excluding hydrogens is 486 g/mol. The predicted molar refractivity (Wildman–Crippen MR) is 137 cm³/mol. The van der Waals surface area contributed by atoms with Crippen LogP contribution < -0.4 is 25.6 Å². The van der Waals surface area contributed by atoms with Crippen molar-refractivity contribution in [1.29, 1.82) is 0 Å². The molecule has 2 aromatic heterocycles. The molecule has 35 heavy (non-hydrogen) atoms. The summed E-state index contributed by atoms with van der Waals surface area (Å²) < 4.78 is 5.87. The second-order valence-corrected chi connectivity index (χ2v) is 9.68. The Morgan fingerprint density at radius 1 is 1.20 bits per heavy atom. The van der Waals surface area contributed by atoms with Crippen LogP contribution in [0.4, 0.5) is 21.9 Å². The number of amides is 3. The number of thiophene rings is 1. The Morgan fingerprint density at radius 2 is 2.06 bits per heavy atom. The fourth-order valence-corrected chi connectivity index (χ4v) is 5.59. The highest BCUT2D eigenvalue weighted by Crippen LogP contribution is 2.46. The summed E-state index contributed by atoms with van der Waals surface area (Å²) in [6, 6.07) is 16.0. The number of aromatic nitrogens is 1. The molecule has 2 aliphatic rings. The summed E-state index contributed by atoms with van der Waals surface area (Å²) >= 11 is 7.79. The number of halogens is 1. The number of rotatable bonds is 5. The summed E-state index contributed by atoms with van der Waals surface area (Å²) in [5, 5.41) is 10.3. The van der Waals surface area contributed by atoms with E-state index in [4.69, 9.17) is 16.3 Å². The molecule has 10 heteroatoms. The molecule has 8 nitrogen and oxygen atoms in total. The van der Waals surface area contributed by atoms with Gasteiger partial charge in [-0.25, -0.2) is 9.78 Å². The first kappa shape index (κ1) is 21.8. The summed E-state index contributed by atoms with van der Waals surface area (Å²) in [6.45, 7) is 1.61. The quantitative estimate of drug-likeness (QED) is 0.332. The molecule has 0 spiro atoms. The van der Waals surface area contributed by atoms with Crippen LogP contribution in [-0.4, -0.2) is 36.1 Å². The molecular formula is C25H20ClN5O3S. The molecule has 4 heterocycles.